The van der Waals surface area contributed by atoms with Crippen LogP contribution in [0, 0.1) is 10.1 Å². The second-order valence-electron chi connectivity index (χ2n) is 6.59. The van der Waals surface area contributed by atoms with Crippen LogP contribution < -0.4 is 10.6 Å². The van der Waals surface area contributed by atoms with Crippen LogP contribution in [-0.4, -0.2) is 78.8 Å². The maximum Gasteiger partial charge on any atom is 0.293 e. The summed E-state index contributed by atoms with van der Waals surface area (Å²) in [6, 6.07) is 3.95. The number of nitrogens with one attached hydrogen (secondary N) is 2. The first-order chi connectivity index (χ1) is 13.9. The number of nitro groups is 1. The van der Waals surface area contributed by atoms with Crippen molar-refractivity contribution >= 4 is 27.2 Å². The zero-order chi connectivity index (χ0) is 20.9. The average Bonchev–Trinajstić information content (AvgIpc) is 2.72. The van der Waals surface area contributed by atoms with Crippen molar-refractivity contribution in [3.8, 4) is 0 Å². The molecule has 0 saturated carbocycles. The van der Waals surface area contributed by atoms with Crippen LogP contribution in [0.3, 0.4) is 0 Å². The number of anilines is 2. The van der Waals surface area contributed by atoms with Crippen molar-refractivity contribution in [2.45, 2.75) is 4.90 Å². The minimum atomic E-state index is -3.77. The first kappa shape index (κ1) is 20.9. The van der Waals surface area contributed by atoms with Crippen LogP contribution in [0.5, 0.6) is 0 Å². The van der Waals surface area contributed by atoms with Crippen LogP contribution in [0.2, 0.25) is 0 Å². The van der Waals surface area contributed by atoms with Gasteiger partial charge in [-0.05, 0) is 19.2 Å². The molecule has 1 aliphatic heterocycles. The number of sulfonamides is 1. The number of aromatic nitrogens is 2. The molecule has 2 aromatic rings. The van der Waals surface area contributed by atoms with Gasteiger partial charge in [-0.25, -0.2) is 13.4 Å². The third-order valence-electron chi connectivity index (χ3n) is 4.58. The van der Waals surface area contributed by atoms with Gasteiger partial charge < -0.3 is 15.5 Å². The number of hydrogen-bond donors (Lipinski definition) is 2. The average molecular weight is 421 g/mol. The number of likely N-dealkylation sites (N-methyl/N-ethyl adjacent to an activating group) is 1. The summed E-state index contributed by atoms with van der Waals surface area (Å²) in [4.78, 5) is 20.9. The minimum Gasteiger partial charge on any atom is -0.378 e. The molecular formula is C17H23N7O4S. The summed E-state index contributed by atoms with van der Waals surface area (Å²) < 4.78 is 27.0. The van der Waals surface area contributed by atoms with E-state index in [1.54, 1.807) is 18.6 Å². The second kappa shape index (κ2) is 9.11. The summed E-state index contributed by atoms with van der Waals surface area (Å²) >= 11 is 0. The van der Waals surface area contributed by atoms with Crippen molar-refractivity contribution in [3.63, 3.8) is 0 Å². The molecule has 0 aliphatic carbocycles. The van der Waals surface area contributed by atoms with E-state index in [9.17, 15) is 18.5 Å². The normalized spacial score (nSPS) is 15.8. The number of rotatable bonds is 8. The summed E-state index contributed by atoms with van der Waals surface area (Å²) in [5.41, 5.74) is -0.0204. The lowest BCUT2D eigenvalue weighted by Crippen LogP contribution is -2.47. The molecule has 1 saturated heterocycles. The highest BCUT2D eigenvalue weighted by atomic mass is 32.2. The predicted molar refractivity (Wildman–Crippen MR) is 108 cm³/mol. The van der Waals surface area contributed by atoms with Gasteiger partial charge in [0.05, 0.1) is 16.0 Å². The monoisotopic (exact) mass is 421 g/mol. The van der Waals surface area contributed by atoms with Gasteiger partial charge in [-0.2, -0.15) is 4.31 Å². The third kappa shape index (κ3) is 5.16. The van der Waals surface area contributed by atoms with Crippen LogP contribution in [-0.2, 0) is 10.0 Å². The Hall–Kier alpha value is -2.83. The Morgan fingerprint density at radius 1 is 1.14 bits per heavy atom. The molecule has 1 aliphatic rings. The molecule has 0 bridgehead atoms. The highest BCUT2D eigenvalue weighted by molar-refractivity contribution is 7.89. The molecule has 0 spiro atoms. The Labute approximate surface area is 169 Å². The van der Waals surface area contributed by atoms with E-state index in [1.165, 1.54) is 16.4 Å². The lowest BCUT2D eigenvalue weighted by molar-refractivity contribution is -0.384. The first-order valence-electron chi connectivity index (χ1n) is 9.09. The van der Waals surface area contributed by atoms with E-state index in [-0.39, 0.29) is 16.3 Å². The fourth-order valence-electron chi connectivity index (χ4n) is 2.93. The van der Waals surface area contributed by atoms with E-state index in [2.05, 4.69) is 20.6 Å². The maximum absolute atomic E-state index is 12.8. The highest BCUT2D eigenvalue weighted by Crippen LogP contribution is 2.29. The van der Waals surface area contributed by atoms with E-state index in [0.717, 1.165) is 6.07 Å². The van der Waals surface area contributed by atoms with Crippen molar-refractivity contribution in [2.75, 3.05) is 56.9 Å². The van der Waals surface area contributed by atoms with Crippen LogP contribution in [0.25, 0.3) is 0 Å². The fraction of sp³-hybridized carbons (Fsp3) is 0.412. The Bertz CT molecular complexity index is 948. The van der Waals surface area contributed by atoms with Crippen molar-refractivity contribution < 1.29 is 13.3 Å². The maximum atomic E-state index is 12.8. The molecule has 11 nitrogen and oxygen atoms in total. The Kier molecular flexibility index (Phi) is 6.56. The van der Waals surface area contributed by atoms with Crippen LogP contribution in [0.1, 0.15) is 0 Å². The number of nitrogens with zero attached hydrogens (tertiary/aromatic N) is 5. The van der Waals surface area contributed by atoms with Crippen molar-refractivity contribution in [3.05, 3.63) is 46.9 Å². The van der Waals surface area contributed by atoms with E-state index in [4.69, 9.17) is 0 Å². The summed E-state index contributed by atoms with van der Waals surface area (Å²) in [5, 5.41) is 17.5. The van der Waals surface area contributed by atoms with Gasteiger partial charge in [0.25, 0.3) is 5.69 Å². The Balaban J connectivity index is 1.69. The van der Waals surface area contributed by atoms with E-state index >= 15 is 0 Å². The van der Waals surface area contributed by atoms with Gasteiger partial charge in [0, 0.05) is 57.7 Å². The van der Waals surface area contributed by atoms with Crippen LogP contribution >= 0.6 is 0 Å². The van der Waals surface area contributed by atoms with Gasteiger partial charge in [-0.1, -0.05) is 0 Å². The molecule has 0 atom stereocenters. The van der Waals surface area contributed by atoms with Gasteiger partial charge in [0.1, 0.15) is 11.5 Å². The predicted octanol–water partition coefficient (Wildman–Crippen LogP) is 0.845. The molecule has 29 heavy (non-hydrogen) atoms. The molecule has 0 unspecified atom stereocenters. The molecule has 12 heteroatoms. The smallest absolute Gasteiger partial charge is 0.293 e. The van der Waals surface area contributed by atoms with Crippen molar-refractivity contribution in [1.29, 1.82) is 0 Å². The number of piperazine rings is 1. The van der Waals surface area contributed by atoms with E-state index < -0.39 is 14.9 Å². The Morgan fingerprint density at radius 2 is 1.86 bits per heavy atom. The molecule has 2 heterocycles. The molecule has 156 valence electrons. The van der Waals surface area contributed by atoms with Crippen molar-refractivity contribution in [2.24, 2.45) is 0 Å². The molecule has 0 radical (unpaired) electrons. The zero-order valence-corrected chi connectivity index (χ0v) is 16.8. The summed E-state index contributed by atoms with van der Waals surface area (Å²) in [5.74, 6) is 0.595. The quantitative estimate of drug-likeness (QED) is 0.361. The van der Waals surface area contributed by atoms with Gasteiger partial charge in [-0.3, -0.25) is 15.1 Å². The topological polar surface area (TPSA) is 134 Å². The molecule has 1 aromatic heterocycles. The van der Waals surface area contributed by atoms with Crippen LogP contribution in [0.4, 0.5) is 17.2 Å². The summed E-state index contributed by atoms with van der Waals surface area (Å²) in [7, 11) is -1.85. The minimum absolute atomic E-state index is 0.0722. The van der Waals surface area contributed by atoms with E-state index in [0.29, 0.717) is 45.1 Å². The number of benzene rings is 1. The van der Waals surface area contributed by atoms with Crippen molar-refractivity contribution in [1.82, 2.24) is 19.2 Å². The van der Waals surface area contributed by atoms with Crippen LogP contribution in [0.15, 0.2) is 41.7 Å². The lowest BCUT2D eigenvalue weighted by atomic mass is 10.2. The largest absolute Gasteiger partial charge is 0.378 e. The number of hydrogen-bond acceptors (Lipinski definition) is 9. The second-order valence-corrected chi connectivity index (χ2v) is 8.53. The Morgan fingerprint density at radius 3 is 2.52 bits per heavy atom. The molecule has 2 N–H and O–H groups in total. The van der Waals surface area contributed by atoms with Gasteiger partial charge in [-0.15, -0.1) is 0 Å². The molecule has 3 rings (SSSR count). The fourth-order valence-corrected chi connectivity index (χ4v) is 4.37. The van der Waals surface area contributed by atoms with Gasteiger partial charge in [0.15, 0.2) is 0 Å². The standard InChI is InChI=1S/C17H23N7O4S/c1-22-8-10-23(11-9-22)29(27,28)14-2-3-15(16(12-14)24(25)26)19-6-7-21-17-13-18-4-5-20-17/h2-5,12-13,19H,6-11H2,1H3,(H,20,21). The molecule has 1 fully saturated rings. The van der Waals surface area contributed by atoms with E-state index in [1.807, 2.05) is 11.9 Å². The highest BCUT2D eigenvalue weighted by Gasteiger charge is 2.29. The molecule has 0 amide bonds. The number of nitro benzene ring substituents is 1. The third-order valence-corrected chi connectivity index (χ3v) is 6.47. The van der Waals surface area contributed by atoms with Gasteiger partial charge >= 0.3 is 0 Å². The zero-order valence-electron chi connectivity index (χ0n) is 16.0. The summed E-state index contributed by atoms with van der Waals surface area (Å²) in [6.45, 7) is 2.81. The first-order valence-corrected chi connectivity index (χ1v) is 10.5. The molecule has 1 aromatic carbocycles. The molecular weight excluding hydrogens is 398 g/mol. The SMILES string of the molecule is CN1CCN(S(=O)(=O)c2ccc(NCCNc3cnccn3)c([N+](=O)[O-])c2)CC1. The van der Waals surface area contributed by atoms with Gasteiger partial charge in [0.2, 0.25) is 10.0 Å². The summed E-state index contributed by atoms with van der Waals surface area (Å²) in [6.07, 6.45) is 4.69. The lowest BCUT2D eigenvalue weighted by Gasteiger charge is -2.31.